The first-order valence-corrected chi connectivity index (χ1v) is 12.0. The summed E-state index contributed by atoms with van der Waals surface area (Å²) in [5, 5.41) is 3.82. The molecule has 2 rings (SSSR count). The van der Waals surface area contributed by atoms with E-state index in [0.717, 1.165) is 12.0 Å². The van der Waals surface area contributed by atoms with Crippen molar-refractivity contribution in [1.82, 2.24) is 10.2 Å². The van der Waals surface area contributed by atoms with Crippen LogP contribution < -0.4 is 10.1 Å². The van der Waals surface area contributed by atoms with Crippen molar-refractivity contribution in [2.24, 2.45) is 0 Å². The van der Waals surface area contributed by atoms with Gasteiger partial charge in [0.15, 0.2) is 6.61 Å². The molecular formula is C26H34Cl2N2O3. The number of nitrogens with one attached hydrogen (secondary N) is 1. The number of ether oxygens (including phenoxy) is 1. The molecule has 0 fully saturated rings. The second kappa shape index (κ2) is 11.8. The van der Waals surface area contributed by atoms with E-state index >= 15 is 0 Å². The molecule has 1 N–H and O–H groups in total. The second-order valence-electron chi connectivity index (χ2n) is 9.25. The van der Waals surface area contributed by atoms with Crippen LogP contribution in [-0.2, 0) is 21.5 Å². The maximum Gasteiger partial charge on any atom is 0.261 e. The van der Waals surface area contributed by atoms with Crippen molar-refractivity contribution in [3.05, 3.63) is 63.6 Å². The monoisotopic (exact) mass is 492 g/mol. The lowest BCUT2D eigenvalue weighted by Crippen LogP contribution is -2.50. The first-order valence-electron chi connectivity index (χ1n) is 11.2. The number of halogens is 2. The highest BCUT2D eigenvalue weighted by atomic mass is 35.5. The molecule has 0 aliphatic carbocycles. The first kappa shape index (κ1) is 27.0. The van der Waals surface area contributed by atoms with Crippen LogP contribution >= 0.6 is 23.2 Å². The largest absolute Gasteiger partial charge is 0.483 e. The molecule has 0 spiro atoms. The van der Waals surface area contributed by atoms with E-state index in [9.17, 15) is 9.59 Å². The molecule has 0 saturated heterocycles. The molecule has 7 heteroatoms. The second-order valence-corrected chi connectivity index (χ2v) is 10.1. The average molecular weight is 493 g/mol. The van der Waals surface area contributed by atoms with E-state index in [2.05, 4.69) is 26.1 Å². The van der Waals surface area contributed by atoms with Crippen LogP contribution in [0.15, 0.2) is 42.5 Å². The van der Waals surface area contributed by atoms with Gasteiger partial charge in [0.25, 0.3) is 5.91 Å². The molecule has 2 amide bonds. The molecule has 0 aliphatic heterocycles. The van der Waals surface area contributed by atoms with Crippen molar-refractivity contribution in [1.29, 1.82) is 0 Å². The Labute approximate surface area is 207 Å². The minimum absolute atomic E-state index is 0.00397. The standard InChI is InChI=1S/C26H34Cl2N2O3/c1-7-17(2)29-25(32)18(3)30(15-19-21(27)12-10-13-22(19)28)24(31)16-33-23-14-9-8-11-20(23)26(4,5)6/h8-14,17-18H,7,15-16H2,1-6H3,(H,29,32)/t17-,18-/m1/s1. The fourth-order valence-electron chi connectivity index (χ4n) is 3.34. The number of nitrogens with zero attached hydrogens (tertiary/aromatic N) is 1. The number of amides is 2. The molecule has 0 radical (unpaired) electrons. The molecule has 180 valence electrons. The average Bonchev–Trinajstić information content (AvgIpc) is 2.76. The quantitative estimate of drug-likeness (QED) is 0.466. The summed E-state index contributed by atoms with van der Waals surface area (Å²) in [6.45, 7) is 11.8. The summed E-state index contributed by atoms with van der Waals surface area (Å²) in [4.78, 5) is 27.7. The molecule has 0 saturated carbocycles. The highest BCUT2D eigenvalue weighted by Crippen LogP contribution is 2.31. The van der Waals surface area contributed by atoms with Gasteiger partial charge in [0.1, 0.15) is 11.8 Å². The Morgan fingerprint density at radius 1 is 1.03 bits per heavy atom. The highest BCUT2D eigenvalue weighted by molar-refractivity contribution is 6.36. The molecule has 5 nitrogen and oxygen atoms in total. The fraction of sp³-hybridized carbons (Fsp3) is 0.462. The predicted molar refractivity (Wildman–Crippen MR) is 135 cm³/mol. The minimum atomic E-state index is -0.736. The van der Waals surface area contributed by atoms with Crippen molar-refractivity contribution in [2.45, 2.75) is 72.0 Å². The number of carbonyl (C=O) groups is 2. The summed E-state index contributed by atoms with van der Waals surface area (Å²) >= 11 is 12.7. The molecule has 2 aromatic rings. The first-order chi connectivity index (χ1) is 15.5. The van der Waals surface area contributed by atoms with Crippen LogP contribution in [0, 0.1) is 0 Å². The highest BCUT2D eigenvalue weighted by Gasteiger charge is 2.29. The van der Waals surface area contributed by atoms with E-state index < -0.39 is 6.04 Å². The molecule has 0 bridgehead atoms. The lowest BCUT2D eigenvalue weighted by Gasteiger charge is -2.30. The summed E-state index contributed by atoms with van der Waals surface area (Å²) in [7, 11) is 0. The van der Waals surface area contributed by atoms with Gasteiger partial charge < -0.3 is 15.0 Å². The third kappa shape index (κ3) is 7.38. The van der Waals surface area contributed by atoms with Crippen molar-refractivity contribution in [2.75, 3.05) is 6.61 Å². The Morgan fingerprint density at radius 2 is 1.64 bits per heavy atom. The smallest absolute Gasteiger partial charge is 0.261 e. The van der Waals surface area contributed by atoms with Crippen molar-refractivity contribution in [3.8, 4) is 5.75 Å². The summed E-state index contributed by atoms with van der Waals surface area (Å²) in [5.41, 5.74) is 1.45. The van der Waals surface area contributed by atoms with Crippen LogP contribution in [0.4, 0.5) is 0 Å². The third-order valence-electron chi connectivity index (χ3n) is 5.60. The van der Waals surface area contributed by atoms with Gasteiger partial charge in [0, 0.05) is 28.2 Å². The zero-order valence-electron chi connectivity index (χ0n) is 20.2. The Balaban J connectivity index is 2.29. The SMILES string of the molecule is CC[C@@H](C)NC(=O)[C@@H](C)N(Cc1c(Cl)cccc1Cl)C(=O)COc1ccccc1C(C)(C)C. The van der Waals surface area contributed by atoms with Gasteiger partial charge in [-0.1, -0.05) is 75.2 Å². The van der Waals surface area contributed by atoms with Crippen molar-refractivity contribution >= 4 is 35.0 Å². The molecule has 0 aliphatic rings. The van der Waals surface area contributed by atoms with E-state index in [1.165, 1.54) is 4.90 Å². The fourth-order valence-corrected chi connectivity index (χ4v) is 3.85. The third-order valence-corrected chi connectivity index (χ3v) is 6.31. The number of para-hydroxylation sites is 1. The van der Waals surface area contributed by atoms with Crippen LogP contribution in [0.25, 0.3) is 0 Å². The lowest BCUT2D eigenvalue weighted by molar-refractivity contribution is -0.142. The molecule has 33 heavy (non-hydrogen) atoms. The van der Waals surface area contributed by atoms with Crippen LogP contribution in [0.5, 0.6) is 5.75 Å². The summed E-state index contributed by atoms with van der Waals surface area (Å²) in [6.07, 6.45) is 0.787. The van der Waals surface area contributed by atoms with Gasteiger partial charge in [-0.15, -0.1) is 0 Å². The van der Waals surface area contributed by atoms with Crippen molar-refractivity contribution in [3.63, 3.8) is 0 Å². The maximum atomic E-state index is 13.3. The molecule has 0 aromatic heterocycles. The Kier molecular flexibility index (Phi) is 9.62. The van der Waals surface area contributed by atoms with Gasteiger partial charge in [-0.25, -0.2) is 0 Å². The molecular weight excluding hydrogens is 459 g/mol. The van der Waals surface area contributed by atoms with Gasteiger partial charge in [-0.05, 0) is 49.4 Å². The number of carbonyl (C=O) groups excluding carboxylic acids is 2. The van der Waals surface area contributed by atoms with Gasteiger partial charge in [-0.2, -0.15) is 0 Å². The maximum absolute atomic E-state index is 13.3. The molecule has 0 unspecified atom stereocenters. The van der Waals surface area contributed by atoms with Crippen LogP contribution in [0.2, 0.25) is 10.0 Å². The molecule has 2 aromatic carbocycles. The summed E-state index contributed by atoms with van der Waals surface area (Å²) in [6, 6.07) is 12.1. The zero-order valence-corrected chi connectivity index (χ0v) is 21.8. The zero-order chi connectivity index (χ0) is 24.8. The minimum Gasteiger partial charge on any atom is -0.483 e. The normalized spacial score (nSPS) is 13.2. The molecule has 2 atom stereocenters. The van der Waals surface area contributed by atoms with E-state index in [-0.39, 0.29) is 36.4 Å². The van der Waals surface area contributed by atoms with E-state index in [1.807, 2.05) is 38.1 Å². The predicted octanol–water partition coefficient (Wildman–Crippen LogP) is 6.00. The Bertz CT molecular complexity index is 952. The molecule has 0 heterocycles. The van der Waals surface area contributed by atoms with E-state index in [4.69, 9.17) is 27.9 Å². The summed E-state index contributed by atoms with van der Waals surface area (Å²) in [5.74, 6) is 0.0725. The van der Waals surface area contributed by atoms with Gasteiger partial charge in [0.05, 0.1) is 0 Å². The number of rotatable bonds is 9. The number of benzene rings is 2. The lowest BCUT2D eigenvalue weighted by atomic mass is 9.86. The Hall–Kier alpha value is -2.24. The number of hydrogen-bond donors (Lipinski definition) is 1. The van der Waals surface area contributed by atoms with Gasteiger partial charge in [0.2, 0.25) is 5.91 Å². The Morgan fingerprint density at radius 3 is 2.21 bits per heavy atom. The van der Waals surface area contributed by atoms with Crippen LogP contribution in [-0.4, -0.2) is 35.4 Å². The van der Waals surface area contributed by atoms with Gasteiger partial charge in [-0.3, -0.25) is 9.59 Å². The van der Waals surface area contributed by atoms with E-state index in [1.54, 1.807) is 25.1 Å². The van der Waals surface area contributed by atoms with Crippen molar-refractivity contribution < 1.29 is 14.3 Å². The number of hydrogen-bond acceptors (Lipinski definition) is 3. The van der Waals surface area contributed by atoms with Gasteiger partial charge >= 0.3 is 0 Å². The van der Waals surface area contributed by atoms with Crippen LogP contribution in [0.3, 0.4) is 0 Å². The van der Waals surface area contributed by atoms with E-state index in [0.29, 0.717) is 21.4 Å². The topological polar surface area (TPSA) is 58.6 Å². The van der Waals surface area contributed by atoms with Crippen LogP contribution in [0.1, 0.15) is 59.1 Å². The summed E-state index contributed by atoms with van der Waals surface area (Å²) < 4.78 is 5.95.